The van der Waals surface area contributed by atoms with Crippen LogP contribution in [0.3, 0.4) is 0 Å². The van der Waals surface area contributed by atoms with Gasteiger partial charge in [-0.25, -0.2) is 0 Å². The maximum atomic E-state index is 12.7. The monoisotopic (exact) mass is 398 g/mol. The van der Waals surface area contributed by atoms with E-state index in [1.165, 1.54) is 0 Å². The quantitative estimate of drug-likeness (QED) is 0.611. The lowest BCUT2D eigenvalue weighted by atomic mass is 10.1. The molecule has 1 saturated heterocycles. The minimum atomic E-state index is -0.387. The van der Waals surface area contributed by atoms with Crippen molar-refractivity contribution >= 4 is 46.2 Å². The lowest BCUT2D eigenvalue weighted by Gasteiger charge is -2.15. The fraction of sp³-hybridized carbons (Fsp3) is 0.150. The first-order chi connectivity index (χ1) is 13.0. The Bertz CT molecular complexity index is 923. The van der Waals surface area contributed by atoms with E-state index in [1.807, 2.05) is 50.2 Å². The summed E-state index contributed by atoms with van der Waals surface area (Å²) in [5.74, 6) is -0.0620. The first kappa shape index (κ1) is 19.1. The second kappa shape index (κ2) is 8.37. The van der Waals surface area contributed by atoms with Gasteiger partial charge >= 0.3 is 0 Å². The molecule has 0 unspecified atom stereocenters. The van der Waals surface area contributed by atoms with Crippen LogP contribution in [0.25, 0.3) is 6.08 Å². The van der Waals surface area contributed by atoms with Gasteiger partial charge in [-0.2, -0.15) is 5.01 Å². The SMILES string of the molecule is CCOc1ccccc1/C=C1\SC(=S)N(NC(=O)c2ccc(C)cc2)C1=O. The Hall–Kier alpha value is -2.64. The van der Waals surface area contributed by atoms with Crippen LogP contribution < -0.4 is 10.2 Å². The van der Waals surface area contributed by atoms with Crippen molar-refractivity contribution < 1.29 is 14.3 Å². The van der Waals surface area contributed by atoms with Gasteiger partial charge in [0.05, 0.1) is 11.5 Å². The van der Waals surface area contributed by atoms with Gasteiger partial charge in [-0.05, 0) is 50.3 Å². The Morgan fingerprint density at radius 3 is 2.63 bits per heavy atom. The molecule has 1 fully saturated rings. The molecule has 27 heavy (non-hydrogen) atoms. The fourth-order valence-electron chi connectivity index (χ4n) is 2.46. The van der Waals surface area contributed by atoms with E-state index < -0.39 is 0 Å². The van der Waals surface area contributed by atoms with Gasteiger partial charge in [0.25, 0.3) is 11.8 Å². The molecule has 0 atom stereocenters. The number of carbonyl (C=O) groups excluding carboxylic acids is 2. The number of thiocarbonyl (C=S) groups is 1. The zero-order chi connectivity index (χ0) is 19.4. The molecule has 1 aliphatic heterocycles. The minimum absolute atomic E-state index is 0.278. The molecule has 0 aromatic heterocycles. The summed E-state index contributed by atoms with van der Waals surface area (Å²) in [6, 6.07) is 14.5. The molecule has 3 rings (SSSR count). The topological polar surface area (TPSA) is 58.6 Å². The zero-order valence-corrected chi connectivity index (χ0v) is 16.5. The van der Waals surface area contributed by atoms with E-state index in [0.29, 0.717) is 22.8 Å². The Balaban J connectivity index is 1.79. The zero-order valence-electron chi connectivity index (χ0n) is 14.9. The molecule has 5 nitrogen and oxygen atoms in total. The third-order valence-corrected chi connectivity index (χ3v) is 5.13. The van der Waals surface area contributed by atoms with Crippen LogP contribution in [0.15, 0.2) is 53.4 Å². The van der Waals surface area contributed by atoms with Crippen LogP contribution in [0, 0.1) is 6.92 Å². The highest BCUT2D eigenvalue weighted by Gasteiger charge is 2.34. The highest BCUT2D eigenvalue weighted by molar-refractivity contribution is 8.26. The van der Waals surface area contributed by atoms with Crippen molar-refractivity contribution in [3.8, 4) is 5.75 Å². The molecule has 7 heteroatoms. The first-order valence-electron chi connectivity index (χ1n) is 8.37. The van der Waals surface area contributed by atoms with Crippen LogP contribution in [-0.4, -0.2) is 27.8 Å². The van der Waals surface area contributed by atoms with E-state index in [0.717, 1.165) is 27.9 Å². The van der Waals surface area contributed by atoms with E-state index in [1.54, 1.807) is 18.2 Å². The van der Waals surface area contributed by atoms with Crippen molar-refractivity contribution in [1.29, 1.82) is 0 Å². The number of para-hydroxylation sites is 1. The van der Waals surface area contributed by atoms with Crippen molar-refractivity contribution in [2.45, 2.75) is 13.8 Å². The third-order valence-electron chi connectivity index (χ3n) is 3.83. The summed E-state index contributed by atoms with van der Waals surface area (Å²) in [7, 11) is 0. The molecule has 1 N–H and O–H groups in total. The maximum absolute atomic E-state index is 12.7. The largest absolute Gasteiger partial charge is 0.493 e. The normalized spacial score (nSPS) is 15.3. The molecule has 0 spiro atoms. The molecule has 2 aromatic carbocycles. The van der Waals surface area contributed by atoms with E-state index >= 15 is 0 Å². The van der Waals surface area contributed by atoms with Crippen molar-refractivity contribution in [1.82, 2.24) is 10.4 Å². The van der Waals surface area contributed by atoms with Gasteiger partial charge in [0.1, 0.15) is 5.75 Å². The van der Waals surface area contributed by atoms with Crippen LogP contribution in [0.1, 0.15) is 28.4 Å². The summed E-state index contributed by atoms with van der Waals surface area (Å²) in [6.45, 7) is 4.36. The third kappa shape index (κ3) is 4.37. The van der Waals surface area contributed by atoms with E-state index in [4.69, 9.17) is 17.0 Å². The van der Waals surface area contributed by atoms with Crippen molar-refractivity contribution in [3.63, 3.8) is 0 Å². The number of rotatable bonds is 5. The van der Waals surface area contributed by atoms with Crippen LogP contribution >= 0.6 is 24.0 Å². The molecule has 0 saturated carbocycles. The number of nitrogens with zero attached hydrogens (tertiary/aromatic N) is 1. The number of carbonyl (C=O) groups is 2. The molecular weight excluding hydrogens is 380 g/mol. The van der Waals surface area contributed by atoms with Gasteiger partial charge in [0, 0.05) is 11.1 Å². The van der Waals surface area contributed by atoms with Crippen LogP contribution in [0.5, 0.6) is 5.75 Å². The number of nitrogens with one attached hydrogen (secondary N) is 1. The van der Waals surface area contributed by atoms with Gasteiger partial charge in [0.15, 0.2) is 4.32 Å². The standard InChI is InChI=1S/C20H18N2O3S2/c1-3-25-16-7-5-4-6-15(16)12-17-19(24)22(20(26)27-17)21-18(23)14-10-8-13(2)9-11-14/h4-12H,3H2,1-2H3,(H,21,23)/b17-12-. The smallest absolute Gasteiger partial charge is 0.285 e. The first-order valence-corrected chi connectivity index (χ1v) is 9.59. The van der Waals surface area contributed by atoms with E-state index in [9.17, 15) is 9.59 Å². The molecule has 1 heterocycles. The second-order valence-electron chi connectivity index (χ2n) is 5.79. The molecule has 138 valence electrons. The second-order valence-corrected chi connectivity index (χ2v) is 7.47. The Morgan fingerprint density at radius 1 is 1.22 bits per heavy atom. The minimum Gasteiger partial charge on any atom is -0.493 e. The number of thioether (sulfide) groups is 1. The maximum Gasteiger partial charge on any atom is 0.285 e. The van der Waals surface area contributed by atoms with Crippen molar-refractivity contribution in [2.75, 3.05) is 6.61 Å². The van der Waals surface area contributed by atoms with E-state index in [-0.39, 0.29) is 16.1 Å². The average Bonchev–Trinajstić information content (AvgIpc) is 2.91. The predicted octanol–water partition coefficient (Wildman–Crippen LogP) is 3.94. The van der Waals surface area contributed by atoms with Crippen LogP contribution in [0.2, 0.25) is 0 Å². The van der Waals surface area contributed by atoms with Gasteiger partial charge < -0.3 is 4.74 Å². The highest BCUT2D eigenvalue weighted by atomic mass is 32.2. The van der Waals surface area contributed by atoms with Crippen molar-refractivity contribution in [3.05, 3.63) is 70.1 Å². The molecule has 0 radical (unpaired) electrons. The molecule has 0 bridgehead atoms. The Labute approximate surface area is 167 Å². The number of hydrogen-bond acceptors (Lipinski definition) is 5. The molecular formula is C20H18N2O3S2. The van der Waals surface area contributed by atoms with Gasteiger partial charge in [-0.1, -0.05) is 47.7 Å². The summed E-state index contributed by atoms with van der Waals surface area (Å²) >= 11 is 6.41. The number of benzene rings is 2. The fourth-order valence-corrected chi connectivity index (χ4v) is 3.63. The summed E-state index contributed by atoms with van der Waals surface area (Å²) < 4.78 is 5.87. The van der Waals surface area contributed by atoms with Gasteiger partial charge in [-0.15, -0.1) is 0 Å². The summed E-state index contributed by atoms with van der Waals surface area (Å²) in [6.07, 6.45) is 1.72. The molecule has 2 aromatic rings. The lowest BCUT2D eigenvalue weighted by Crippen LogP contribution is -2.44. The molecule has 2 amide bonds. The van der Waals surface area contributed by atoms with Crippen LogP contribution in [0.4, 0.5) is 0 Å². The Kier molecular flexibility index (Phi) is 5.93. The van der Waals surface area contributed by atoms with E-state index in [2.05, 4.69) is 5.43 Å². The summed E-state index contributed by atoms with van der Waals surface area (Å²) in [4.78, 5) is 25.5. The number of hydrogen-bond donors (Lipinski definition) is 1. The number of aryl methyl sites for hydroxylation is 1. The number of hydrazine groups is 1. The van der Waals surface area contributed by atoms with Crippen molar-refractivity contribution in [2.24, 2.45) is 0 Å². The number of ether oxygens (including phenoxy) is 1. The summed E-state index contributed by atoms with van der Waals surface area (Å²) in [5, 5.41) is 1.11. The summed E-state index contributed by atoms with van der Waals surface area (Å²) in [5.41, 5.74) is 4.87. The molecule has 0 aliphatic carbocycles. The predicted molar refractivity (Wildman–Crippen MR) is 111 cm³/mol. The molecule has 1 aliphatic rings. The van der Waals surface area contributed by atoms with Crippen LogP contribution in [-0.2, 0) is 4.79 Å². The number of amides is 2. The lowest BCUT2D eigenvalue weighted by molar-refractivity contribution is -0.123. The highest BCUT2D eigenvalue weighted by Crippen LogP contribution is 2.33. The average molecular weight is 399 g/mol. The Morgan fingerprint density at radius 2 is 1.93 bits per heavy atom. The van der Waals surface area contributed by atoms with Gasteiger partial charge in [-0.3, -0.25) is 15.0 Å². The van der Waals surface area contributed by atoms with Gasteiger partial charge in [0.2, 0.25) is 0 Å².